The van der Waals surface area contributed by atoms with Gasteiger partial charge in [0.1, 0.15) is 11.5 Å². The van der Waals surface area contributed by atoms with Gasteiger partial charge >= 0.3 is 0 Å². The van der Waals surface area contributed by atoms with Gasteiger partial charge in [-0.1, -0.05) is 23.7 Å². The molecular formula is C37H45ClFN5O4. The predicted octanol–water partition coefficient (Wildman–Crippen LogP) is 6.12. The molecule has 0 unspecified atom stereocenters. The molecule has 0 radical (unpaired) electrons. The molecule has 0 spiro atoms. The summed E-state index contributed by atoms with van der Waals surface area (Å²) < 4.78 is 27.8. The lowest BCUT2D eigenvalue weighted by Gasteiger charge is -2.41. The fourth-order valence-electron chi connectivity index (χ4n) is 7.38. The zero-order chi connectivity index (χ0) is 34.1. The van der Waals surface area contributed by atoms with Gasteiger partial charge in [-0.2, -0.15) is 4.39 Å². The number of amides is 2. The Balaban J connectivity index is 1.22. The van der Waals surface area contributed by atoms with Crippen molar-refractivity contribution in [1.29, 1.82) is 0 Å². The van der Waals surface area contributed by atoms with E-state index in [0.717, 1.165) is 62.0 Å². The van der Waals surface area contributed by atoms with Crippen molar-refractivity contribution in [2.45, 2.75) is 64.1 Å². The Morgan fingerprint density at radius 2 is 1.73 bits per heavy atom. The quantitative estimate of drug-likeness (QED) is 0.253. The number of likely N-dealkylation sites (N-methyl/N-ethyl adjacent to an activating group) is 1. The van der Waals surface area contributed by atoms with Gasteiger partial charge < -0.3 is 19.3 Å². The molecule has 1 atom stereocenters. The number of nitrogens with zero attached hydrogens (tertiary/aromatic N) is 5. The summed E-state index contributed by atoms with van der Waals surface area (Å²) in [5.41, 5.74) is 2.52. The van der Waals surface area contributed by atoms with Crippen molar-refractivity contribution in [3.8, 4) is 11.5 Å². The zero-order valence-corrected chi connectivity index (χ0v) is 29.2. The maximum Gasteiger partial charge on any atom is 0.238 e. The first kappa shape index (κ1) is 34.0. The average molecular weight is 678 g/mol. The van der Waals surface area contributed by atoms with Crippen molar-refractivity contribution in [2.75, 3.05) is 57.2 Å². The molecule has 256 valence electrons. The minimum atomic E-state index is -0.703. The number of fused-ring (bicyclic) bond motifs is 1. The normalized spacial score (nSPS) is 21.8. The monoisotopic (exact) mass is 677 g/mol. The third-order valence-corrected chi connectivity index (χ3v) is 10.2. The molecule has 2 fully saturated rings. The molecular weight excluding hydrogens is 633 g/mol. The molecule has 1 aliphatic carbocycles. The van der Waals surface area contributed by atoms with Gasteiger partial charge in [-0.25, -0.2) is 4.98 Å². The number of rotatable bonds is 9. The molecule has 3 heterocycles. The van der Waals surface area contributed by atoms with Crippen molar-refractivity contribution >= 4 is 34.9 Å². The molecule has 11 heteroatoms. The highest BCUT2D eigenvalue weighted by molar-refractivity contribution is 6.30. The van der Waals surface area contributed by atoms with Gasteiger partial charge in [0.15, 0.2) is 11.5 Å². The number of carbonyl (C=O) groups excluding carboxylic acids is 2. The number of hydrogen-bond donors (Lipinski definition) is 0. The Morgan fingerprint density at radius 3 is 2.38 bits per heavy atom. The van der Waals surface area contributed by atoms with Crippen LogP contribution in [0.1, 0.15) is 62.3 Å². The summed E-state index contributed by atoms with van der Waals surface area (Å²) in [6.45, 7) is 6.85. The number of aromatic nitrogens is 1. The van der Waals surface area contributed by atoms with Crippen LogP contribution in [0.25, 0.3) is 0 Å². The van der Waals surface area contributed by atoms with Gasteiger partial charge in [-0.3, -0.25) is 19.4 Å². The number of halogens is 2. The van der Waals surface area contributed by atoms with Crippen LogP contribution in [-0.4, -0.2) is 86.1 Å². The molecule has 2 amide bonds. The smallest absolute Gasteiger partial charge is 0.238 e. The van der Waals surface area contributed by atoms with E-state index in [1.165, 1.54) is 4.90 Å². The third-order valence-electron chi connectivity index (χ3n) is 9.95. The second kappa shape index (κ2) is 14.3. The number of anilines is 2. The average Bonchev–Trinajstić information content (AvgIpc) is 3.06. The van der Waals surface area contributed by atoms with Crippen molar-refractivity contribution < 1.29 is 23.5 Å². The molecule has 3 aromatic rings. The second-order valence-electron chi connectivity index (χ2n) is 13.6. The fraction of sp³-hybridized carbons (Fsp3) is 0.486. The van der Waals surface area contributed by atoms with E-state index in [4.69, 9.17) is 21.1 Å². The van der Waals surface area contributed by atoms with Gasteiger partial charge in [-0.05, 0) is 98.5 Å². The molecule has 1 saturated heterocycles. The molecule has 1 aromatic heterocycles. The highest BCUT2D eigenvalue weighted by Crippen LogP contribution is 2.44. The summed E-state index contributed by atoms with van der Waals surface area (Å²) in [5.74, 6) is 1.32. The second-order valence-corrected chi connectivity index (χ2v) is 14.0. The molecule has 9 nitrogen and oxygen atoms in total. The number of hydrogen-bond acceptors (Lipinski definition) is 7. The Labute approximate surface area is 287 Å². The SMILES string of the molecule is COc1cc2c(cc1OC(C)C)[C@H](c1ccc(Cl)cc1)N(c1ccc(N(C)C[C@H]3CC[C@H](N4CCN(C)C(=O)C4)CC3)nc1F)C(=O)C2. The van der Waals surface area contributed by atoms with E-state index in [9.17, 15) is 9.59 Å². The van der Waals surface area contributed by atoms with E-state index < -0.39 is 12.0 Å². The van der Waals surface area contributed by atoms with Gasteiger partial charge in [0.25, 0.3) is 0 Å². The van der Waals surface area contributed by atoms with Crippen LogP contribution in [0.15, 0.2) is 48.5 Å². The highest BCUT2D eigenvalue weighted by atomic mass is 35.5. The Morgan fingerprint density at radius 1 is 1.00 bits per heavy atom. The van der Waals surface area contributed by atoms with Gasteiger partial charge in [-0.15, -0.1) is 0 Å². The lowest BCUT2D eigenvalue weighted by atomic mass is 9.84. The van der Waals surface area contributed by atoms with E-state index in [1.54, 1.807) is 31.4 Å². The molecule has 0 bridgehead atoms. The molecule has 6 rings (SSSR count). The van der Waals surface area contributed by atoms with E-state index in [1.807, 2.05) is 62.0 Å². The van der Waals surface area contributed by atoms with Crippen LogP contribution in [0.5, 0.6) is 11.5 Å². The highest BCUT2D eigenvalue weighted by Gasteiger charge is 2.38. The minimum Gasteiger partial charge on any atom is -0.493 e. The maximum atomic E-state index is 16.1. The molecule has 2 aliphatic heterocycles. The van der Waals surface area contributed by atoms with Crippen LogP contribution in [0.4, 0.5) is 15.9 Å². The Hall–Kier alpha value is -3.89. The number of pyridine rings is 1. The lowest BCUT2D eigenvalue weighted by Crippen LogP contribution is -2.53. The number of carbonyl (C=O) groups is 2. The van der Waals surface area contributed by atoms with Gasteiger partial charge in [0.05, 0.1) is 32.2 Å². The third kappa shape index (κ3) is 7.10. The molecule has 3 aliphatic rings. The lowest BCUT2D eigenvalue weighted by molar-refractivity contribution is -0.135. The number of piperazine rings is 1. The first-order valence-electron chi connectivity index (χ1n) is 16.8. The van der Waals surface area contributed by atoms with Crippen molar-refractivity contribution in [3.05, 3.63) is 76.2 Å². The van der Waals surface area contributed by atoms with E-state index >= 15 is 4.39 Å². The van der Waals surface area contributed by atoms with Crippen molar-refractivity contribution in [1.82, 2.24) is 14.8 Å². The predicted molar refractivity (Wildman–Crippen MR) is 186 cm³/mol. The zero-order valence-electron chi connectivity index (χ0n) is 28.4. The van der Waals surface area contributed by atoms with Crippen LogP contribution in [0.3, 0.4) is 0 Å². The van der Waals surface area contributed by atoms with Crippen LogP contribution < -0.4 is 19.3 Å². The summed E-state index contributed by atoms with van der Waals surface area (Å²) in [5, 5.41) is 0.564. The van der Waals surface area contributed by atoms with Crippen molar-refractivity contribution in [3.63, 3.8) is 0 Å². The first-order chi connectivity index (χ1) is 23.0. The fourth-order valence-corrected chi connectivity index (χ4v) is 7.51. The first-order valence-corrected chi connectivity index (χ1v) is 17.2. The Bertz CT molecular complexity index is 1650. The maximum absolute atomic E-state index is 16.1. The molecule has 0 N–H and O–H groups in total. The molecule has 1 saturated carbocycles. The van der Waals surface area contributed by atoms with Gasteiger partial charge in [0, 0.05) is 44.8 Å². The summed E-state index contributed by atoms with van der Waals surface area (Å²) in [6, 6.07) is 14.3. The standard InChI is InChI=1S/C37H45ClFN5O4/c1-23(2)48-32-20-29-26(18-31(32)47-5)19-34(45)44(36(29)25-8-10-27(38)11-9-25)30-14-15-33(40-37(30)39)42(4)21-24-6-12-28(13-7-24)43-17-16-41(3)35(46)22-43/h8-11,14-15,18,20,23-24,28,36H,6-7,12-13,16-17,19,21-22H2,1-5H3/t24-,28-,36-/m0/s1. The Kier molecular flexibility index (Phi) is 10.1. The van der Waals surface area contributed by atoms with Crippen molar-refractivity contribution in [2.24, 2.45) is 5.92 Å². The van der Waals surface area contributed by atoms with Crippen LogP contribution >= 0.6 is 11.6 Å². The summed E-state index contributed by atoms with van der Waals surface area (Å²) in [4.78, 5) is 38.1. The largest absolute Gasteiger partial charge is 0.493 e. The topological polar surface area (TPSA) is 78.5 Å². The summed E-state index contributed by atoms with van der Waals surface area (Å²) in [6.07, 6.45) is 4.18. The summed E-state index contributed by atoms with van der Waals surface area (Å²) in [7, 11) is 5.38. The van der Waals surface area contributed by atoms with Gasteiger partial charge in [0.2, 0.25) is 17.8 Å². The van der Waals surface area contributed by atoms with Crippen LogP contribution in [-0.2, 0) is 16.0 Å². The van der Waals surface area contributed by atoms with E-state index in [-0.39, 0.29) is 30.0 Å². The number of ether oxygens (including phenoxy) is 2. The number of benzene rings is 2. The van der Waals surface area contributed by atoms with E-state index in [2.05, 4.69) is 9.88 Å². The molecule has 48 heavy (non-hydrogen) atoms. The summed E-state index contributed by atoms with van der Waals surface area (Å²) >= 11 is 6.24. The van der Waals surface area contributed by atoms with Crippen LogP contribution in [0, 0.1) is 11.9 Å². The van der Waals surface area contributed by atoms with Crippen LogP contribution in [0.2, 0.25) is 5.02 Å². The minimum absolute atomic E-state index is 0.0732. The number of methoxy groups -OCH3 is 1. The molecule has 2 aromatic carbocycles. The van der Waals surface area contributed by atoms with E-state index in [0.29, 0.717) is 40.8 Å².